The lowest BCUT2D eigenvalue weighted by Gasteiger charge is -2.24. The number of ether oxygens (including phenoxy) is 3. The first-order valence-electron chi connectivity index (χ1n) is 10.7. The van der Waals surface area contributed by atoms with E-state index < -0.39 is 42.3 Å². The monoisotopic (exact) mass is 470 g/mol. The van der Waals surface area contributed by atoms with Gasteiger partial charge in [-0.25, -0.2) is 0 Å². The summed E-state index contributed by atoms with van der Waals surface area (Å²) in [5.74, 6) is -2.10. The highest BCUT2D eigenvalue weighted by Crippen LogP contribution is 2.31. The number of esters is 2. The van der Waals surface area contributed by atoms with Gasteiger partial charge in [0, 0.05) is 18.4 Å². The molecule has 9 heteroatoms. The minimum atomic E-state index is -1.15. The highest BCUT2D eigenvalue weighted by molar-refractivity contribution is 6.29. The third-order valence-corrected chi connectivity index (χ3v) is 5.71. The Labute approximate surface area is 192 Å². The van der Waals surface area contributed by atoms with Gasteiger partial charge in [0.1, 0.15) is 24.4 Å². The molecular formula is C23H31ClO8. The Balaban J connectivity index is 2.25. The number of carboxylic acids is 1. The van der Waals surface area contributed by atoms with Crippen molar-refractivity contribution in [3.05, 3.63) is 34.4 Å². The average Bonchev–Trinajstić information content (AvgIpc) is 3.06. The zero-order valence-corrected chi connectivity index (χ0v) is 19.3. The lowest BCUT2D eigenvalue weighted by Crippen LogP contribution is -2.37. The summed E-state index contributed by atoms with van der Waals surface area (Å²) in [6.07, 6.45) is 3.01. The number of aliphatic hydroxyl groups excluding tert-OH is 1. The lowest BCUT2D eigenvalue weighted by atomic mass is 10.0. The van der Waals surface area contributed by atoms with Gasteiger partial charge < -0.3 is 24.4 Å². The van der Waals surface area contributed by atoms with Crippen LogP contribution >= 0.6 is 11.6 Å². The molecule has 0 amide bonds. The van der Waals surface area contributed by atoms with Crippen molar-refractivity contribution in [2.24, 2.45) is 0 Å². The SMILES string of the molecule is CC(=O)O[C@@H]1CC(=O)O[C@@H]2C[C@@H](CC/C(Cl)=C/CC=C1C)OC2[C@H](O)/C=C(\C)CC(=O)O. The van der Waals surface area contributed by atoms with Crippen molar-refractivity contribution in [3.8, 4) is 0 Å². The largest absolute Gasteiger partial charge is 0.481 e. The van der Waals surface area contributed by atoms with Crippen LogP contribution in [0.5, 0.6) is 0 Å². The third kappa shape index (κ3) is 8.41. The van der Waals surface area contributed by atoms with E-state index in [4.69, 9.17) is 30.9 Å². The van der Waals surface area contributed by atoms with Crippen LogP contribution < -0.4 is 0 Å². The Morgan fingerprint density at radius 1 is 1.34 bits per heavy atom. The number of allylic oxidation sites excluding steroid dienone is 3. The molecule has 0 aromatic rings. The van der Waals surface area contributed by atoms with Gasteiger partial charge in [-0.15, -0.1) is 0 Å². The molecule has 0 radical (unpaired) electrons. The van der Waals surface area contributed by atoms with E-state index in [1.165, 1.54) is 13.0 Å². The zero-order valence-electron chi connectivity index (χ0n) is 18.6. The quantitative estimate of drug-likeness (QED) is 0.463. The number of aliphatic carboxylic acids is 1. The highest BCUT2D eigenvalue weighted by atomic mass is 35.5. The Kier molecular flexibility index (Phi) is 9.93. The minimum Gasteiger partial charge on any atom is -0.481 e. The minimum absolute atomic E-state index is 0.169. The van der Waals surface area contributed by atoms with Crippen molar-refractivity contribution in [1.29, 1.82) is 0 Å². The van der Waals surface area contributed by atoms with Gasteiger partial charge in [0.15, 0.2) is 0 Å². The Bertz CT molecular complexity index is 800. The van der Waals surface area contributed by atoms with Crippen LogP contribution in [0.25, 0.3) is 0 Å². The Hall–Kier alpha value is -2.16. The summed E-state index contributed by atoms with van der Waals surface area (Å²) in [7, 11) is 0. The molecule has 1 saturated heterocycles. The summed E-state index contributed by atoms with van der Waals surface area (Å²) in [5.41, 5.74) is 1.17. The number of hydrogen-bond donors (Lipinski definition) is 2. The zero-order chi connectivity index (χ0) is 23.8. The summed E-state index contributed by atoms with van der Waals surface area (Å²) >= 11 is 6.32. The summed E-state index contributed by atoms with van der Waals surface area (Å²) < 4.78 is 16.9. The van der Waals surface area contributed by atoms with Crippen LogP contribution in [0, 0.1) is 0 Å². The predicted octanol–water partition coefficient (Wildman–Crippen LogP) is 3.41. The van der Waals surface area contributed by atoms with E-state index in [1.54, 1.807) is 13.8 Å². The maximum Gasteiger partial charge on any atom is 0.310 e. The molecule has 8 nitrogen and oxygen atoms in total. The third-order valence-electron chi connectivity index (χ3n) is 5.37. The lowest BCUT2D eigenvalue weighted by molar-refractivity contribution is -0.159. The smallest absolute Gasteiger partial charge is 0.310 e. The van der Waals surface area contributed by atoms with E-state index in [0.29, 0.717) is 41.9 Å². The molecule has 0 spiro atoms. The molecule has 2 bridgehead atoms. The number of carboxylic acid groups (broad SMARTS) is 1. The van der Waals surface area contributed by atoms with Gasteiger partial charge >= 0.3 is 17.9 Å². The molecule has 2 heterocycles. The molecule has 2 rings (SSSR count). The normalized spacial score (nSPS) is 30.3. The topological polar surface area (TPSA) is 119 Å². The number of aliphatic hydroxyl groups is 1. The van der Waals surface area contributed by atoms with Crippen molar-refractivity contribution in [3.63, 3.8) is 0 Å². The number of halogens is 1. The molecule has 0 saturated carbocycles. The van der Waals surface area contributed by atoms with Crippen molar-refractivity contribution >= 4 is 29.5 Å². The first-order valence-corrected chi connectivity index (χ1v) is 11.0. The van der Waals surface area contributed by atoms with Crippen LogP contribution in [0.2, 0.25) is 0 Å². The standard InChI is InChI=1S/C23H31ClO8/c1-13(10-21(27)28)9-18(26)23-20-11-17(31-23)8-7-16(24)6-4-5-14(2)19(30-15(3)25)12-22(29)32-20/h5-6,9,17-20,23,26H,4,7-8,10-12H2,1-3H3,(H,27,28)/b13-9+,14-5?,16-6-/t17-,18-,19-,20-,23?/m1/s1. The molecular weight excluding hydrogens is 440 g/mol. The molecule has 1 unspecified atom stereocenters. The number of carbonyl (C=O) groups is 3. The van der Waals surface area contributed by atoms with Crippen molar-refractivity contribution in [2.75, 3.05) is 0 Å². The molecule has 5 atom stereocenters. The second-order valence-electron chi connectivity index (χ2n) is 8.24. The van der Waals surface area contributed by atoms with Crippen LogP contribution in [-0.2, 0) is 28.6 Å². The number of hydrogen-bond acceptors (Lipinski definition) is 7. The molecule has 32 heavy (non-hydrogen) atoms. The molecule has 2 aliphatic heterocycles. The van der Waals surface area contributed by atoms with E-state index in [2.05, 4.69) is 0 Å². The maximum absolute atomic E-state index is 12.7. The summed E-state index contributed by atoms with van der Waals surface area (Å²) in [4.78, 5) is 35.1. The summed E-state index contributed by atoms with van der Waals surface area (Å²) in [5, 5.41) is 20.3. The first kappa shape index (κ1) is 26.1. The predicted molar refractivity (Wildman–Crippen MR) is 117 cm³/mol. The van der Waals surface area contributed by atoms with E-state index in [9.17, 15) is 19.5 Å². The maximum atomic E-state index is 12.7. The van der Waals surface area contributed by atoms with Gasteiger partial charge in [-0.05, 0) is 38.7 Å². The van der Waals surface area contributed by atoms with E-state index in [0.717, 1.165) is 0 Å². The number of fused-ring (bicyclic) bond motifs is 2. The van der Waals surface area contributed by atoms with E-state index >= 15 is 0 Å². The van der Waals surface area contributed by atoms with Gasteiger partial charge in [-0.3, -0.25) is 14.4 Å². The summed E-state index contributed by atoms with van der Waals surface area (Å²) in [6, 6.07) is 0. The fourth-order valence-corrected chi connectivity index (χ4v) is 4.01. The number of carbonyl (C=O) groups excluding carboxylic acids is 2. The number of rotatable bonds is 5. The van der Waals surface area contributed by atoms with Gasteiger partial charge in [-0.1, -0.05) is 35.4 Å². The van der Waals surface area contributed by atoms with E-state index in [-0.39, 0.29) is 18.9 Å². The van der Waals surface area contributed by atoms with Crippen LogP contribution in [0.4, 0.5) is 0 Å². The van der Waals surface area contributed by atoms with Crippen molar-refractivity contribution in [2.45, 2.75) is 89.8 Å². The molecule has 178 valence electrons. The van der Waals surface area contributed by atoms with Gasteiger partial charge in [0.25, 0.3) is 0 Å². The van der Waals surface area contributed by atoms with Crippen molar-refractivity contribution in [1.82, 2.24) is 0 Å². The average molecular weight is 471 g/mol. The molecule has 0 aromatic heterocycles. The van der Waals surface area contributed by atoms with E-state index in [1.807, 2.05) is 12.2 Å². The van der Waals surface area contributed by atoms with Crippen LogP contribution in [0.1, 0.15) is 59.3 Å². The molecule has 2 N–H and O–H groups in total. The van der Waals surface area contributed by atoms with Crippen molar-refractivity contribution < 1.29 is 38.8 Å². The molecule has 0 aromatic carbocycles. The Morgan fingerprint density at radius 3 is 2.72 bits per heavy atom. The van der Waals surface area contributed by atoms with Crippen LogP contribution in [-0.4, -0.2) is 58.6 Å². The summed E-state index contributed by atoms with van der Waals surface area (Å²) in [6.45, 7) is 4.64. The van der Waals surface area contributed by atoms with Gasteiger partial charge in [0.2, 0.25) is 0 Å². The fourth-order valence-electron chi connectivity index (χ4n) is 3.81. The molecule has 1 fully saturated rings. The second kappa shape index (κ2) is 12.2. The fraction of sp³-hybridized carbons (Fsp3) is 0.609. The van der Waals surface area contributed by atoms with Crippen LogP contribution in [0.15, 0.2) is 34.4 Å². The van der Waals surface area contributed by atoms with Gasteiger partial charge in [0.05, 0.1) is 18.9 Å². The van der Waals surface area contributed by atoms with Gasteiger partial charge in [-0.2, -0.15) is 0 Å². The first-order chi connectivity index (χ1) is 15.0. The molecule has 2 aliphatic rings. The van der Waals surface area contributed by atoms with Crippen LogP contribution in [0.3, 0.4) is 0 Å². The molecule has 0 aliphatic carbocycles. The second-order valence-corrected chi connectivity index (χ2v) is 8.72. The highest BCUT2D eigenvalue weighted by Gasteiger charge is 2.41. The Morgan fingerprint density at radius 2 is 2.06 bits per heavy atom.